The number of rotatable bonds is 8. The van der Waals surface area contributed by atoms with Gasteiger partial charge in [0.2, 0.25) is 0 Å². The van der Waals surface area contributed by atoms with Gasteiger partial charge in [-0.3, -0.25) is 9.97 Å². The van der Waals surface area contributed by atoms with Crippen molar-refractivity contribution in [3.63, 3.8) is 0 Å². The molecule has 0 bridgehead atoms. The van der Waals surface area contributed by atoms with Crippen LogP contribution in [0.25, 0.3) is 0 Å². The molecule has 0 amide bonds. The molecule has 3 N–H and O–H groups in total. The predicted octanol–water partition coefficient (Wildman–Crippen LogP) is 0.303. The van der Waals surface area contributed by atoms with E-state index < -0.39 is 6.10 Å². The van der Waals surface area contributed by atoms with Crippen LogP contribution in [0.1, 0.15) is 31.2 Å². The second kappa shape index (κ2) is 8.13. The Bertz CT molecular complexity index is 330. The highest BCUT2D eigenvalue weighted by Gasteiger charge is 2.17. The Morgan fingerprint density at radius 1 is 1.28 bits per heavy atom. The number of nitrogens with zero attached hydrogens (tertiary/aromatic N) is 2. The van der Waals surface area contributed by atoms with Crippen LogP contribution in [-0.4, -0.2) is 46.0 Å². The minimum atomic E-state index is -0.781. The second-order valence-corrected chi connectivity index (χ2v) is 4.45. The van der Waals surface area contributed by atoms with E-state index in [0.717, 1.165) is 30.7 Å². The van der Waals surface area contributed by atoms with Gasteiger partial charge in [0.05, 0.1) is 24.1 Å². The first-order valence-electron chi connectivity index (χ1n) is 6.47. The van der Waals surface area contributed by atoms with E-state index in [1.807, 2.05) is 0 Å². The molecule has 0 aliphatic rings. The van der Waals surface area contributed by atoms with Crippen LogP contribution in [0, 0.1) is 0 Å². The van der Waals surface area contributed by atoms with Gasteiger partial charge in [0.25, 0.3) is 0 Å². The van der Waals surface area contributed by atoms with E-state index in [9.17, 15) is 5.11 Å². The number of aromatic nitrogens is 2. The molecule has 1 heterocycles. The molecule has 0 aliphatic carbocycles. The van der Waals surface area contributed by atoms with Crippen molar-refractivity contribution >= 4 is 0 Å². The van der Waals surface area contributed by atoms with E-state index in [1.165, 1.54) is 0 Å². The van der Waals surface area contributed by atoms with Gasteiger partial charge in [-0.25, -0.2) is 0 Å². The Balaban J connectivity index is 2.56. The topological polar surface area (TPSA) is 78.3 Å². The molecule has 0 radical (unpaired) electrons. The molecule has 1 rings (SSSR count). The van der Waals surface area contributed by atoms with Crippen molar-refractivity contribution in [3.8, 4) is 0 Å². The van der Waals surface area contributed by atoms with E-state index in [1.54, 1.807) is 19.4 Å². The van der Waals surface area contributed by atoms with Crippen molar-refractivity contribution in [1.82, 2.24) is 15.3 Å². The summed E-state index contributed by atoms with van der Waals surface area (Å²) in [7, 11) is 1.76. The van der Waals surface area contributed by atoms with Gasteiger partial charge in [0.15, 0.2) is 0 Å². The van der Waals surface area contributed by atoms with Crippen molar-refractivity contribution in [2.45, 2.75) is 44.8 Å². The lowest BCUT2D eigenvalue weighted by atomic mass is 10.1. The zero-order chi connectivity index (χ0) is 13.4. The lowest BCUT2D eigenvalue weighted by Crippen LogP contribution is -2.41. The largest absolute Gasteiger partial charge is 0.394 e. The Morgan fingerprint density at radius 2 is 1.94 bits per heavy atom. The Kier molecular flexibility index (Phi) is 6.78. The molecule has 0 aromatic carbocycles. The number of hydrogen-bond acceptors (Lipinski definition) is 5. The summed E-state index contributed by atoms with van der Waals surface area (Å²) in [6.45, 7) is 1.89. The van der Waals surface area contributed by atoms with Crippen LogP contribution in [-0.2, 0) is 12.8 Å². The number of aryl methyl sites for hydroxylation is 1. The van der Waals surface area contributed by atoms with Gasteiger partial charge in [-0.2, -0.15) is 0 Å². The Morgan fingerprint density at radius 3 is 2.44 bits per heavy atom. The van der Waals surface area contributed by atoms with Crippen LogP contribution in [0.2, 0.25) is 0 Å². The van der Waals surface area contributed by atoms with Crippen molar-refractivity contribution in [2.24, 2.45) is 0 Å². The van der Waals surface area contributed by atoms with Gasteiger partial charge < -0.3 is 15.5 Å². The summed E-state index contributed by atoms with van der Waals surface area (Å²) in [6, 6.07) is -0.203. The smallest absolute Gasteiger partial charge is 0.0927 e. The highest BCUT2D eigenvalue weighted by atomic mass is 16.3. The molecule has 5 heteroatoms. The summed E-state index contributed by atoms with van der Waals surface area (Å²) in [4.78, 5) is 8.70. The van der Waals surface area contributed by atoms with Crippen LogP contribution >= 0.6 is 0 Å². The van der Waals surface area contributed by atoms with Crippen LogP contribution in [0.4, 0.5) is 0 Å². The van der Waals surface area contributed by atoms with Crippen molar-refractivity contribution < 1.29 is 10.2 Å². The lowest BCUT2D eigenvalue weighted by molar-refractivity contribution is 0.0648. The molecule has 102 valence electrons. The van der Waals surface area contributed by atoms with Gasteiger partial charge >= 0.3 is 0 Å². The first-order chi connectivity index (χ1) is 8.71. The van der Waals surface area contributed by atoms with Crippen LogP contribution in [0.3, 0.4) is 0 Å². The average molecular weight is 253 g/mol. The lowest BCUT2D eigenvalue weighted by Gasteiger charge is -2.20. The van der Waals surface area contributed by atoms with E-state index in [4.69, 9.17) is 5.11 Å². The standard InChI is InChI=1S/C13H23N3O2/c1-3-4-5-10-7-16-11(8-15-10)6-12(14-2)13(18)9-17/h7-8,12-14,17-18H,3-6,9H2,1-2H3/t12-,13+/m0/s1. The molecule has 5 nitrogen and oxygen atoms in total. The first-order valence-corrected chi connectivity index (χ1v) is 6.47. The summed E-state index contributed by atoms with van der Waals surface area (Å²) in [5.41, 5.74) is 1.83. The molecule has 0 saturated carbocycles. The highest BCUT2D eigenvalue weighted by Crippen LogP contribution is 2.05. The number of unbranched alkanes of at least 4 members (excludes halogenated alkanes) is 1. The fraction of sp³-hybridized carbons (Fsp3) is 0.692. The molecular weight excluding hydrogens is 230 g/mol. The summed E-state index contributed by atoms with van der Waals surface area (Å²) in [5, 5.41) is 21.5. The third-order valence-electron chi connectivity index (χ3n) is 3.00. The van der Waals surface area contributed by atoms with E-state index >= 15 is 0 Å². The maximum atomic E-state index is 9.59. The van der Waals surface area contributed by atoms with Crippen molar-refractivity contribution in [3.05, 3.63) is 23.8 Å². The van der Waals surface area contributed by atoms with Crippen LogP contribution < -0.4 is 5.32 Å². The minimum Gasteiger partial charge on any atom is -0.394 e. The summed E-state index contributed by atoms with van der Waals surface area (Å²) in [5.74, 6) is 0. The fourth-order valence-electron chi connectivity index (χ4n) is 1.76. The summed E-state index contributed by atoms with van der Waals surface area (Å²) < 4.78 is 0. The molecule has 0 fully saturated rings. The minimum absolute atomic E-state index is 0.203. The SMILES string of the molecule is CCCCc1cnc(C[C@H](NC)[C@H](O)CO)cn1. The average Bonchev–Trinajstić information content (AvgIpc) is 2.43. The van der Waals surface area contributed by atoms with Gasteiger partial charge in [0, 0.05) is 24.9 Å². The molecule has 18 heavy (non-hydrogen) atoms. The monoisotopic (exact) mass is 253 g/mol. The van der Waals surface area contributed by atoms with Gasteiger partial charge in [-0.1, -0.05) is 13.3 Å². The Hall–Kier alpha value is -1.04. The third-order valence-corrected chi connectivity index (χ3v) is 3.00. The molecule has 2 atom stereocenters. The van der Waals surface area contributed by atoms with Crippen LogP contribution in [0.15, 0.2) is 12.4 Å². The highest BCUT2D eigenvalue weighted by molar-refractivity contribution is 5.04. The van der Waals surface area contributed by atoms with Crippen molar-refractivity contribution in [2.75, 3.05) is 13.7 Å². The molecule has 0 aliphatic heterocycles. The number of nitrogens with one attached hydrogen (secondary N) is 1. The van der Waals surface area contributed by atoms with Crippen molar-refractivity contribution in [1.29, 1.82) is 0 Å². The molecule has 0 spiro atoms. The maximum absolute atomic E-state index is 9.59. The first kappa shape index (κ1) is 15.0. The van der Waals surface area contributed by atoms with Gasteiger partial charge in [-0.05, 0) is 19.9 Å². The molecule has 1 aromatic rings. The van der Waals surface area contributed by atoms with E-state index in [2.05, 4.69) is 22.2 Å². The van der Waals surface area contributed by atoms with Crippen LogP contribution in [0.5, 0.6) is 0 Å². The zero-order valence-corrected chi connectivity index (χ0v) is 11.1. The summed E-state index contributed by atoms with van der Waals surface area (Å²) >= 11 is 0. The predicted molar refractivity (Wildman–Crippen MR) is 70.3 cm³/mol. The number of hydrogen-bond donors (Lipinski definition) is 3. The molecule has 0 unspecified atom stereocenters. The molecule has 1 aromatic heterocycles. The second-order valence-electron chi connectivity index (χ2n) is 4.45. The normalized spacial score (nSPS) is 14.4. The maximum Gasteiger partial charge on any atom is 0.0927 e. The molecule has 0 saturated heterocycles. The number of aliphatic hydroxyl groups excluding tert-OH is 2. The molecular formula is C13H23N3O2. The summed E-state index contributed by atoms with van der Waals surface area (Å²) in [6.07, 6.45) is 6.54. The van der Waals surface area contributed by atoms with Gasteiger partial charge in [-0.15, -0.1) is 0 Å². The number of aliphatic hydroxyl groups is 2. The number of likely N-dealkylation sites (N-methyl/N-ethyl adjacent to an activating group) is 1. The third kappa shape index (κ3) is 4.68. The van der Waals surface area contributed by atoms with E-state index in [-0.39, 0.29) is 12.6 Å². The fourth-order valence-corrected chi connectivity index (χ4v) is 1.76. The van der Waals surface area contributed by atoms with E-state index in [0.29, 0.717) is 6.42 Å². The zero-order valence-electron chi connectivity index (χ0n) is 11.1. The quantitative estimate of drug-likeness (QED) is 0.621. The van der Waals surface area contributed by atoms with Gasteiger partial charge in [0.1, 0.15) is 0 Å². The Labute approximate surface area is 108 Å².